The van der Waals surface area contributed by atoms with E-state index in [4.69, 9.17) is 9.84 Å². The number of carboxylic acid groups (broad SMARTS) is 1. The standard InChI is InChI=1S/C30H39FN4O6/c1-20(36)34-27(17-28(37)38)30(40)35-26(12-9-21-6-3-2-4-7-21)29(39)33-19-23-16-24(10-11-25(23)31)41-15-13-22-8-5-14-32-18-22/h2-4,6-7,10-11,16,22,26-27,32H,5,8-9,12-15,17-19H2,1H3,(H,33,39)(H,34,36)(H,35,40)(H,37,38)/t22?,26-,27-/m0/s1. The van der Waals surface area contributed by atoms with Gasteiger partial charge in [0.25, 0.3) is 0 Å². The lowest BCUT2D eigenvalue weighted by Crippen LogP contribution is -2.54. The van der Waals surface area contributed by atoms with Crippen molar-refractivity contribution in [2.45, 2.75) is 64.1 Å². The highest BCUT2D eigenvalue weighted by molar-refractivity contribution is 5.93. The Labute approximate surface area is 239 Å². The first-order valence-electron chi connectivity index (χ1n) is 13.9. The maximum atomic E-state index is 14.6. The minimum absolute atomic E-state index is 0.142. The maximum Gasteiger partial charge on any atom is 0.305 e. The van der Waals surface area contributed by atoms with Crippen molar-refractivity contribution in [1.29, 1.82) is 0 Å². The molecule has 3 amide bonds. The topological polar surface area (TPSA) is 146 Å². The molecule has 0 aromatic heterocycles. The Morgan fingerprint density at radius 1 is 1.07 bits per heavy atom. The van der Waals surface area contributed by atoms with Crippen LogP contribution < -0.4 is 26.0 Å². The molecule has 0 bridgehead atoms. The van der Waals surface area contributed by atoms with Crippen molar-refractivity contribution in [3.05, 3.63) is 65.5 Å². The molecule has 0 saturated carbocycles. The minimum Gasteiger partial charge on any atom is -0.494 e. The van der Waals surface area contributed by atoms with Gasteiger partial charge in [0.15, 0.2) is 0 Å². The Morgan fingerprint density at radius 2 is 1.85 bits per heavy atom. The number of piperidine rings is 1. The predicted octanol–water partition coefficient (Wildman–Crippen LogP) is 2.31. The van der Waals surface area contributed by atoms with E-state index in [1.165, 1.54) is 13.0 Å². The summed E-state index contributed by atoms with van der Waals surface area (Å²) in [5.41, 5.74) is 1.16. The maximum absolute atomic E-state index is 14.6. The highest BCUT2D eigenvalue weighted by atomic mass is 19.1. The molecule has 2 aromatic rings. The van der Waals surface area contributed by atoms with E-state index in [-0.39, 0.29) is 18.5 Å². The second-order valence-corrected chi connectivity index (χ2v) is 10.3. The van der Waals surface area contributed by atoms with E-state index in [0.29, 0.717) is 24.7 Å². The third-order valence-electron chi connectivity index (χ3n) is 6.93. The number of benzene rings is 2. The van der Waals surface area contributed by atoms with Crippen LogP contribution >= 0.6 is 0 Å². The first kappa shape index (κ1) is 31.5. The molecule has 1 unspecified atom stereocenters. The van der Waals surface area contributed by atoms with Gasteiger partial charge in [0.05, 0.1) is 13.0 Å². The smallest absolute Gasteiger partial charge is 0.305 e. The molecule has 1 aliphatic rings. The molecule has 2 aromatic carbocycles. The number of ether oxygens (including phenoxy) is 1. The largest absolute Gasteiger partial charge is 0.494 e. The number of halogens is 1. The van der Waals surface area contributed by atoms with Gasteiger partial charge in [-0.25, -0.2) is 4.39 Å². The number of aliphatic carboxylic acids is 1. The summed E-state index contributed by atoms with van der Waals surface area (Å²) >= 11 is 0. The van der Waals surface area contributed by atoms with Gasteiger partial charge in [0.2, 0.25) is 17.7 Å². The van der Waals surface area contributed by atoms with Gasteiger partial charge in [0, 0.05) is 19.0 Å². The fraction of sp³-hybridized carbons (Fsp3) is 0.467. The third-order valence-corrected chi connectivity index (χ3v) is 6.93. The van der Waals surface area contributed by atoms with Crippen LogP contribution in [0.3, 0.4) is 0 Å². The molecular weight excluding hydrogens is 531 g/mol. The van der Waals surface area contributed by atoms with Gasteiger partial charge in [-0.2, -0.15) is 0 Å². The Bertz CT molecular complexity index is 1160. The molecule has 3 atom stereocenters. The molecule has 1 heterocycles. The Kier molecular flexibility index (Phi) is 12.6. The normalized spacial score (nSPS) is 16.2. The number of amides is 3. The van der Waals surface area contributed by atoms with Gasteiger partial charge in [-0.05, 0) is 74.9 Å². The van der Waals surface area contributed by atoms with Gasteiger partial charge < -0.3 is 31.1 Å². The van der Waals surface area contributed by atoms with Crippen LogP contribution in [0, 0.1) is 11.7 Å². The average Bonchev–Trinajstić information content (AvgIpc) is 2.95. The number of carboxylic acids is 1. The molecule has 222 valence electrons. The summed E-state index contributed by atoms with van der Waals surface area (Å²) < 4.78 is 20.4. The fourth-order valence-corrected chi connectivity index (χ4v) is 4.72. The SMILES string of the molecule is CC(=O)N[C@@H](CC(=O)O)C(=O)N[C@@H](CCc1ccccc1)C(=O)NCc1cc(OCCC2CCCNC2)ccc1F. The quantitative estimate of drug-likeness (QED) is 0.221. The summed E-state index contributed by atoms with van der Waals surface area (Å²) in [5, 5.41) is 20.1. The van der Waals surface area contributed by atoms with E-state index in [1.54, 1.807) is 12.1 Å². The zero-order valence-electron chi connectivity index (χ0n) is 23.3. The van der Waals surface area contributed by atoms with Crippen LogP contribution in [0.4, 0.5) is 4.39 Å². The molecule has 41 heavy (non-hydrogen) atoms. The molecule has 1 fully saturated rings. The summed E-state index contributed by atoms with van der Waals surface area (Å²) in [6.45, 7) is 3.54. The Hall–Kier alpha value is -3.99. The molecule has 0 radical (unpaired) electrons. The molecule has 0 aliphatic carbocycles. The molecule has 5 N–H and O–H groups in total. The number of hydrogen-bond acceptors (Lipinski definition) is 6. The number of carbonyl (C=O) groups excluding carboxylic acids is 3. The van der Waals surface area contributed by atoms with Crippen molar-refractivity contribution < 1.29 is 33.4 Å². The molecule has 3 rings (SSSR count). The van der Waals surface area contributed by atoms with Crippen LogP contribution in [0.15, 0.2) is 48.5 Å². The Morgan fingerprint density at radius 3 is 2.54 bits per heavy atom. The number of hydrogen-bond donors (Lipinski definition) is 5. The number of carbonyl (C=O) groups is 4. The zero-order chi connectivity index (χ0) is 29.6. The van der Waals surface area contributed by atoms with Gasteiger partial charge in [-0.15, -0.1) is 0 Å². The van der Waals surface area contributed by atoms with Crippen molar-refractivity contribution >= 4 is 23.7 Å². The second kappa shape index (κ2) is 16.3. The van der Waals surface area contributed by atoms with Crippen LogP contribution in [-0.2, 0) is 32.1 Å². The van der Waals surface area contributed by atoms with Gasteiger partial charge in [-0.3, -0.25) is 19.2 Å². The first-order valence-corrected chi connectivity index (χ1v) is 13.9. The number of nitrogens with one attached hydrogen (secondary N) is 4. The van der Waals surface area contributed by atoms with Crippen LogP contribution in [-0.4, -0.2) is 60.6 Å². The predicted molar refractivity (Wildman–Crippen MR) is 151 cm³/mol. The van der Waals surface area contributed by atoms with Crippen LogP contribution in [0.2, 0.25) is 0 Å². The second-order valence-electron chi connectivity index (χ2n) is 10.3. The van der Waals surface area contributed by atoms with E-state index in [0.717, 1.165) is 37.9 Å². The zero-order valence-corrected chi connectivity index (χ0v) is 23.3. The van der Waals surface area contributed by atoms with Crippen molar-refractivity contribution in [3.63, 3.8) is 0 Å². The van der Waals surface area contributed by atoms with Crippen molar-refractivity contribution in [1.82, 2.24) is 21.3 Å². The van der Waals surface area contributed by atoms with Gasteiger partial charge in [-0.1, -0.05) is 30.3 Å². The summed E-state index contributed by atoms with van der Waals surface area (Å²) in [6, 6.07) is 11.3. The summed E-state index contributed by atoms with van der Waals surface area (Å²) in [4.78, 5) is 48.8. The minimum atomic E-state index is -1.35. The van der Waals surface area contributed by atoms with Crippen LogP contribution in [0.25, 0.3) is 0 Å². The lowest BCUT2D eigenvalue weighted by molar-refractivity contribution is -0.140. The average molecular weight is 571 g/mol. The number of rotatable bonds is 15. The first-order chi connectivity index (χ1) is 19.7. The van der Waals surface area contributed by atoms with E-state index in [9.17, 15) is 23.6 Å². The Balaban J connectivity index is 1.63. The lowest BCUT2D eigenvalue weighted by Gasteiger charge is -2.23. The van der Waals surface area contributed by atoms with Crippen molar-refractivity contribution in [3.8, 4) is 5.75 Å². The molecule has 0 spiro atoms. The monoisotopic (exact) mass is 570 g/mol. The van der Waals surface area contributed by atoms with Crippen molar-refractivity contribution in [2.24, 2.45) is 5.92 Å². The highest BCUT2D eigenvalue weighted by Gasteiger charge is 2.28. The molecule has 1 aliphatic heterocycles. The van der Waals surface area contributed by atoms with Gasteiger partial charge >= 0.3 is 5.97 Å². The fourth-order valence-electron chi connectivity index (χ4n) is 4.72. The summed E-state index contributed by atoms with van der Waals surface area (Å²) in [5.74, 6) is -2.69. The number of aryl methyl sites for hydroxylation is 1. The summed E-state index contributed by atoms with van der Waals surface area (Å²) in [6.07, 6.45) is 3.18. The summed E-state index contributed by atoms with van der Waals surface area (Å²) in [7, 11) is 0. The molecule has 11 heteroatoms. The van der Waals surface area contributed by atoms with E-state index < -0.39 is 48.0 Å². The lowest BCUT2D eigenvalue weighted by atomic mass is 9.97. The molecular formula is C30H39FN4O6. The third kappa shape index (κ3) is 11.2. The van der Waals surface area contributed by atoms with E-state index in [2.05, 4.69) is 21.3 Å². The molecule has 1 saturated heterocycles. The van der Waals surface area contributed by atoms with Gasteiger partial charge in [0.1, 0.15) is 23.7 Å². The molecule has 10 nitrogen and oxygen atoms in total. The van der Waals surface area contributed by atoms with E-state index in [1.807, 2.05) is 30.3 Å². The highest BCUT2D eigenvalue weighted by Crippen LogP contribution is 2.19. The van der Waals surface area contributed by atoms with Crippen LogP contribution in [0.5, 0.6) is 5.75 Å². The van der Waals surface area contributed by atoms with Crippen LogP contribution in [0.1, 0.15) is 50.2 Å². The van der Waals surface area contributed by atoms with Crippen molar-refractivity contribution in [2.75, 3.05) is 19.7 Å². The van der Waals surface area contributed by atoms with E-state index >= 15 is 0 Å².